The van der Waals surface area contributed by atoms with Crippen molar-refractivity contribution in [1.82, 2.24) is 25.1 Å². The van der Waals surface area contributed by atoms with E-state index < -0.39 is 0 Å². The Hall–Kier alpha value is -2.87. The molecule has 0 saturated heterocycles. The van der Waals surface area contributed by atoms with Crippen molar-refractivity contribution in [3.05, 3.63) is 36.8 Å². The molecule has 0 aliphatic heterocycles. The lowest BCUT2D eigenvalue weighted by Gasteiger charge is -1.93. The van der Waals surface area contributed by atoms with Gasteiger partial charge in [-0.05, 0) is 24.3 Å². The van der Waals surface area contributed by atoms with Gasteiger partial charge < -0.3 is 10.3 Å². The van der Waals surface area contributed by atoms with Crippen LogP contribution < -0.4 is 5.73 Å². The van der Waals surface area contributed by atoms with Crippen molar-refractivity contribution in [3.8, 4) is 23.0 Å². The number of nitrogens with zero attached hydrogens (tertiary/aromatic N) is 5. The highest BCUT2D eigenvalue weighted by atomic mass is 32.1. The molecule has 0 fully saturated rings. The predicted octanol–water partition coefficient (Wildman–Crippen LogP) is 2.39. The second kappa shape index (κ2) is 4.60. The van der Waals surface area contributed by atoms with Gasteiger partial charge in [-0.25, -0.2) is 15.0 Å². The summed E-state index contributed by atoms with van der Waals surface area (Å²) < 4.78 is 6.27. The third kappa shape index (κ3) is 2.11. The lowest BCUT2D eigenvalue weighted by Crippen LogP contribution is -1.85. The average Bonchev–Trinajstić information content (AvgIpc) is 3.12. The van der Waals surface area contributed by atoms with Gasteiger partial charge in [0.15, 0.2) is 5.13 Å². The molecule has 7 nitrogen and oxygen atoms in total. The van der Waals surface area contributed by atoms with Gasteiger partial charge in [-0.1, -0.05) is 16.5 Å². The van der Waals surface area contributed by atoms with E-state index in [0.29, 0.717) is 22.5 Å². The Labute approximate surface area is 122 Å². The molecule has 0 amide bonds. The summed E-state index contributed by atoms with van der Waals surface area (Å²) in [6.07, 6.45) is 3.07. The van der Waals surface area contributed by atoms with Crippen LogP contribution in [0.4, 0.5) is 5.13 Å². The van der Waals surface area contributed by atoms with Crippen LogP contribution >= 0.6 is 11.3 Å². The van der Waals surface area contributed by atoms with Gasteiger partial charge in [0.25, 0.3) is 5.89 Å². The highest BCUT2D eigenvalue weighted by Crippen LogP contribution is 2.29. The number of hydrogen-bond acceptors (Lipinski definition) is 8. The summed E-state index contributed by atoms with van der Waals surface area (Å²) >= 11 is 1.42. The Bertz CT molecular complexity index is 917. The molecule has 0 atom stereocenters. The molecule has 1 aromatic carbocycles. The zero-order chi connectivity index (χ0) is 14.2. The highest BCUT2D eigenvalue weighted by molar-refractivity contribution is 7.22. The minimum absolute atomic E-state index is 0.427. The van der Waals surface area contributed by atoms with Gasteiger partial charge in [-0.15, -0.1) is 0 Å². The molecule has 102 valence electrons. The molecule has 21 heavy (non-hydrogen) atoms. The van der Waals surface area contributed by atoms with Gasteiger partial charge in [-0.2, -0.15) is 4.98 Å². The normalized spacial score (nSPS) is 11.0. The van der Waals surface area contributed by atoms with Crippen molar-refractivity contribution in [2.24, 2.45) is 0 Å². The molecule has 0 aliphatic carbocycles. The fraction of sp³-hybridized carbons (Fsp3) is 0. The third-order valence-corrected chi connectivity index (χ3v) is 3.74. The summed E-state index contributed by atoms with van der Waals surface area (Å²) in [4.78, 5) is 16.5. The molecule has 8 heteroatoms. The lowest BCUT2D eigenvalue weighted by molar-refractivity contribution is 0.432. The number of aromatic nitrogens is 5. The number of thiazole rings is 1. The molecule has 4 aromatic rings. The van der Waals surface area contributed by atoms with Crippen molar-refractivity contribution in [1.29, 1.82) is 0 Å². The van der Waals surface area contributed by atoms with Crippen molar-refractivity contribution in [2.45, 2.75) is 0 Å². The van der Waals surface area contributed by atoms with E-state index in [4.69, 9.17) is 10.3 Å². The first-order valence-corrected chi connectivity index (χ1v) is 6.88. The quantitative estimate of drug-likeness (QED) is 0.605. The zero-order valence-corrected chi connectivity index (χ0v) is 11.4. The van der Waals surface area contributed by atoms with Gasteiger partial charge in [0.1, 0.15) is 12.0 Å². The Balaban J connectivity index is 1.77. The smallest absolute Gasteiger partial charge is 0.258 e. The van der Waals surface area contributed by atoms with Crippen LogP contribution in [0.5, 0.6) is 0 Å². The van der Waals surface area contributed by atoms with Gasteiger partial charge in [0.05, 0.1) is 10.2 Å². The summed E-state index contributed by atoms with van der Waals surface area (Å²) in [6.45, 7) is 0. The van der Waals surface area contributed by atoms with Crippen LogP contribution in [0.15, 0.2) is 41.3 Å². The molecular formula is C13H8N6OS. The maximum atomic E-state index is 5.70. The van der Waals surface area contributed by atoms with Gasteiger partial charge in [0.2, 0.25) is 5.82 Å². The van der Waals surface area contributed by atoms with Gasteiger partial charge in [-0.3, -0.25) is 0 Å². The van der Waals surface area contributed by atoms with E-state index in [1.54, 1.807) is 12.3 Å². The SMILES string of the molecule is Nc1nc2ccc(-c3nc(-c4ccncn4)no3)cc2s1. The summed E-state index contributed by atoms with van der Waals surface area (Å²) in [5, 5.41) is 4.47. The number of anilines is 1. The number of nitrogens with two attached hydrogens (primary N) is 1. The molecule has 3 aromatic heterocycles. The monoisotopic (exact) mass is 296 g/mol. The highest BCUT2D eigenvalue weighted by Gasteiger charge is 2.12. The van der Waals surface area contributed by atoms with Crippen molar-refractivity contribution in [3.63, 3.8) is 0 Å². The van der Waals surface area contributed by atoms with Crippen LogP contribution in [-0.2, 0) is 0 Å². The van der Waals surface area contributed by atoms with E-state index in [0.717, 1.165) is 15.8 Å². The zero-order valence-electron chi connectivity index (χ0n) is 10.6. The van der Waals surface area contributed by atoms with Crippen molar-refractivity contribution in [2.75, 3.05) is 5.73 Å². The number of nitrogen functional groups attached to an aromatic ring is 1. The summed E-state index contributed by atoms with van der Waals surface area (Å²) in [5.74, 6) is 0.855. The van der Waals surface area contributed by atoms with E-state index in [-0.39, 0.29) is 0 Å². The number of benzene rings is 1. The fourth-order valence-corrected chi connectivity index (χ4v) is 2.72. The molecule has 3 heterocycles. The molecule has 0 spiro atoms. The largest absolute Gasteiger partial charge is 0.375 e. The number of fused-ring (bicyclic) bond motifs is 1. The Morgan fingerprint density at radius 2 is 2.10 bits per heavy atom. The predicted molar refractivity (Wildman–Crippen MR) is 78.4 cm³/mol. The van der Waals surface area contributed by atoms with E-state index >= 15 is 0 Å². The summed E-state index contributed by atoms with van der Waals surface area (Å²) in [7, 11) is 0. The molecule has 0 aliphatic rings. The van der Waals surface area contributed by atoms with Crippen LogP contribution in [0.1, 0.15) is 0 Å². The fourth-order valence-electron chi connectivity index (χ4n) is 1.94. The second-order valence-corrected chi connectivity index (χ2v) is 5.31. The third-order valence-electron chi connectivity index (χ3n) is 2.89. The Kier molecular flexibility index (Phi) is 2.61. The topological polar surface area (TPSA) is 104 Å². The van der Waals surface area contributed by atoms with E-state index in [2.05, 4.69) is 25.1 Å². The number of hydrogen-bond donors (Lipinski definition) is 1. The van der Waals surface area contributed by atoms with Gasteiger partial charge >= 0.3 is 0 Å². The first-order chi connectivity index (χ1) is 10.3. The molecule has 0 bridgehead atoms. The second-order valence-electron chi connectivity index (χ2n) is 4.25. The summed E-state index contributed by atoms with van der Waals surface area (Å²) in [5.41, 5.74) is 7.99. The molecule has 0 unspecified atom stereocenters. The van der Waals surface area contributed by atoms with Gasteiger partial charge in [0, 0.05) is 11.8 Å². The van der Waals surface area contributed by atoms with Crippen LogP contribution in [0.25, 0.3) is 33.2 Å². The molecule has 0 radical (unpaired) electrons. The Morgan fingerprint density at radius 3 is 2.95 bits per heavy atom. The van der Waals surface area contributed by atoms with E-state index in [9.17, 15) is 0 Å². The Morgan fingerprint density at radius 1 is 1.14 bits per heavy atom. The molecular weight excluding hydrogens is 288 g/mol. The molecule has 2 N–H and O–H groups in total. The minimum atomic E-state index is 0.427. The van der Waals surface area contributed by atoms with Crippen molar-refractivity contribution >= 4 is 26.7 Å². The van der Waals surface area contributed by atoms with E-state index in [1.165, 1.54) is 17.7 Å². The minimum Gasteiger partial charge on any atom is -0.375 e. The van der Waals surface area contributed by atoms with Crippen LogP contribution in [0.3, 0.4) is 0 Å². The first-order valence-electron chi connectivity index (χ1n) is 6.06. The lowest BCUT2D eigenvalue weighted by atomic mass is 10.2. The molecule has 0 saturated carbocycles. The molecule has 4 rings (SSSR count). The standard InChI is InChI=1S/C13H8N6OS/c14-13-17-8-2-1-7(5-10(8)21-13)12-18-11(19-20-12)9-3-4-15-6-16-9/h1-6H,(H2,14,17). The number of rotatable bonds is 2. The maximum absolute atomic E-state index is 5.70. The van der Waals surface area contributed by atoms with Crippen LogP contribution in [-0.4, -0.2) is 25.1 Å². The summed E-state index contributed by atoms with van der Waals surface area (Å²) in [6, 6.07) is 7.41. The van der Waals surface area contributed by atoms with Crippen LogP contribution in [0.2, 0.25) is 0 Å². The average molecular weight is 296 g/mol. The first kappa shape index (κ1) is 11.9. The maximum Gasteiger partial charge on any atom is 0.258 e. The van der Waals surface area contributed by atoms with Crippen LogP contribution in [0, 0.1) is 0 Å². The van der Waals surface area contributed by atoms with Crippen molar-refractivity contribution < 1.29 is 4.52 Å². The van der Waals surface area contributed by atoms with E-state index in [1.807, 2.05) is 18.2 Å².